The lowest BCUT2D eigenvalue weighted by Gasteiger charge is -2.14. The van der Waals surface area contributed by atoms with E-state index in [0.29, 0.717) is 18.9 Å². The lowest BCUT2D eigenvalue weighted by atomic mass is 10.2. The van der Waals surface area contributed by atoms with Crippen LogP contribution < -0.4 is 10.6 Å². The van der Waals surface area contributed by atoms with Crippen molar-refractivity contribution in [3.8, 4) is 0 Å². The third kappa shape index (κ3) is 7.12. The molecule has 114 valence electrons. The Kier molecular flexibility index (Phi) is 6.97. The SMILES string of the molecule is CCOCC(C)NC(=O)Nc1ccc(C=CC(=O)O)cc1. The number of rotatable bonds is 7. The molecule has 0 aliphatic heterocycles. The first-order valence-corrected chi connectivity index (χ1v) is 6.67. The molecule has 21 heavy (non-hydrogen) atoms. The first kappa shape index (κ1) is 16.7. The number of carboxylic acid groups (broad SMARTS) is 1. The summed E-state index contributed by atoms with van der Waals surface area (Å²) in [6, 6.07) is 6.46. The number of nitrogens with one attached hydrogen (secondary N) is 2. The first-order chi connectivity index (χ1) is 10.0. The van der Waals surface area contributed by atoms with Crippen LogP contribution in [0.4, 0.5) is 10.5 Å². The van der Waals surface area contributed by atoms with Crippen molar-refractivity contribution in [3.05, 3.63) is 35.9 Å². The number of amides is 2. The van der Waals surface area contributed by atoms with E-state index in [4.69, 9.17) is 9.84 Å². The van der Waals surface area contributed by atoms with Gasteiger partial charge in [-0.2, -0.15) is 0 Å². The molecule has 6 nitrogen and oxygen atoms in total. The average Bonchev–Trinajstić information content (AvgIpc) is 2.44. The largest absolute Gasteiger partial charge is 0.478 e. The molecule has 0 heterocycles. The van der Waals surface area contributed by atoms with Crippen molar-refractivity contribution in [2.45, 2.75) is 19.9 Å². The number of hydrogen-bond donors (Lipinski definition) is 3. The van der Waals surface area contributed by atoms with E-state index < -0.39 is 5.97 Å². The fourth-order valence-electron chi connectivity index (χ4n) is 1.57. The summed E-state index contributed by atoms with van der Waals surface area (Å²) in [4.78, 5) is 22.1. The van der Waals surface area contributed by atoms with Crippen molar-refractivity contribution in [1.29, 1.82) is 0 Å². The number of carbonyl (C=O) groups is 2. The summed E-state index contributed by atoms with van der Waals surface area (Å²) in [6.07, 6.45) is 2.54. The smallest absolute Gasteiger partial charge is 0.328 e. The second kappa shape index (κ2) is 8.76. The number of ether oxygens (including phenoxy) is 1. The van der Waals surface area contributed by atoms with E-state index in [2.05, 4.69) is 10.6 Å². The number of anilines is 1. The molecule has 2 amide bonds. The molecule has 0 aromatic heterocycles. The number of urea groups is 1. The zero-order valence-corrected chi connectivity index (χ0v) is 12.1. The molecule has 1 atom stereocenters. The Labute approximate surface area is 123 Å². The van der Waals surface area contributed by atoms with Gasteiger partial charge < -0.3 is 20.5 Å². The second-order valence-corrected chi connectivity index (χ2v) is 4.45. The molecule has 1 aromatic carbocycles. The van der Waals surface area contributed by atoms with E-state index in [-0.39, 0.29) is 12.1 Å². The average molecular weight is 292 g/mol. The van der Waals surface area contributed by atoms with Gasteiger partial charge in [0.1, 0.15) is 0 Å². The molecule has 1 unspecified atom stereocenters. The lowest BCUT2D eigenvalue weighted by Crippen LogP contribution is -2.38. The number of carboxylic acids is 1. The minimum Gasteiger partial charge on any atom is -0.478 e. The molecular weight excluding hydrogens is 272 g/mol. The number of aliphatic carboxylic acids is 1. The molecule has 0 saturated carbocycles. The van der Waals surface area contributed by atoms with Gasteiger partial charge in [-0.25, -0.2) is 9.59 Å². The van der Waals surface area contributed by atoms with Gasteiger partial charge in [-0.05, 0) is 37.6 Å². The van der Waals surface area contributed by atoms with E-state index in [1.807, 2.05) is 13.8 Å². The molecule has 0 spiro atoms. The molecule has 0 radical (unpaired) electrons. The van der Waals surface area contributed by atoms with Crippen molar-refractivity contribution in [2.24, 2.45) is 0 Å². The van der Waals surface area contributed by atoms with Gasteiger partial charge in [0.05, 0.1) is 12.6 Å². The summed E-state index contributed by atoms with van der Waals surface area (Å²) in [6.45, 7) is 4.82. The van der Waals surface area contributed by atoms with E-state index >= 15 is 0 Å². The zero-order valence-electron chi connectivity index (χ0n) is 12.1. The van der Waals surface area contributed by atoms with Gasteiger partial charge in [-0.1, -0.05) is 12.1 Å². The third-order valence-corrected chi connectivity index (χ3v) is 2.54. The maximum atomic E-state index is 11.7. The first-order valence-electron chi connectivity index (χ1n) is 6.67. The van der Waals surface area contributed by atoms with Crippen molar-refractivity contribution < 1.29 is 19.4 Å². The number of hydrogen-bond acceptors (Lipinski definition) is 3. The zero-order chi connectivity index (χ0) is 15.7. The van der Waals surface area contributed by atoms with Gasteiger partial charge in [-0.15, -0.1) is 0 Å². The summed E-state index contributed by atoms with van der Waals surface area (Å²) in [7, 11) is 0. The Morgan fingerprint density at radius 3 is 2.57 bits per heavy atom. The fraction of sp³-hybridized carbons (Fsp3) is 0.333. The third-order valence-electron chi connectivity index (χ3n) is 2.54. The second-order valence-electron chi connectivity index (χ2n) is 4.45. The van der Waals surface area contributed by atoms with Crippen molar-refractivity contribution in [2.75, 3.05) is 18.5 Å². The Morgan fingerprint density at radius 2 is 2.00 bits per heavy atom. The Bertz CT molecular complexity index is 497. The molecular formula is C15H20N2O4. The van der Waals surface area contributed by atoms with Gasteiger partial charge in [-0.3, -0.25) is 0 Å². The van der Waals surface area contributed by atoms with Crippen LogP contribution in [-0.4, -0.2) is 36.4 Å². The molecule has 1 aromatic rings. The van der Waals surface area contributed by atoms with Crippen molar-refractivity contribution >= 4 is 23.8 Å². The number of carbonyl (C=O) groups excluding carboxylic acids is 1. The predicted octanol–water partition coefficient (Wildman–Crippen LogP) is 2.33. The van der Waals surface area contributed by atoms with Crippen LogP contribution in [0.25, 0.3) is 6.08 Å². The van der Waals surface area contributed by atoms with Crippen LogP contribution in [0.1, 0.15) is 19.4 Å². The highest BCUT2D eigenvalue weighted by molar-refractivity contribution is 5.89. The molecule has 0 fully saturated rings. The lowest BCUT2D eigenvalue weighted by molar-refractivity contribution is -0.131. The fourth-order valence-corrected chi connectivity index (χ4v) is 1.57. The summed E-state index contributed by atoms with van der Waals surface area (Å²) >= 11 is 0. The summed E-state index contributed by atoms with van der Waals surface area (Å²) in [5, 5.41) is 14.0. The van der Waals surface area contributed by atoms with Gasteiger partial charge in [0.25, 0.3) is 0 Å². The highest BCUT2D eigenvalue weighted by Crippen LogP contribution is 2.10. The Balaban J connectivity index is 2.48. The molecule has 1 rings (SSSR count). The van der Waals surface area contributed by atoms with Crippen LogP contribution in [0.2, 0.25) is 0 Å². The maximum Gasteiger partial charge on any atom is 0.328 e. The monoisotopic (exact) mass is 292 g/mol. The standard InChI is InChI=1S/C15H20N2O4/c1-3-21-10-11(2)16-15(20)17-13-7-4-12(5-8-13)6-9-14(18)19/h4-9,11H,3,10H2,1-2H3,(H,18,19)(H2,16,17,20). The van der Waals surface area contributed by atoms with E-state index in [1.165, 1.54) is 6.08 Å². The minimum atomic E-state index is -1.00. The van der Waals surface area contributed by atoms with Crippen molar-refractivity contribution in [1.82, 2.24) is 5.32 Å². The topological polar surface area (TPSA) is 87.7 Å². The molecule has 0 bridgehead atoms. The minimum absolute atomic E-state index is 0.0808. The molecule has 0 aliphatic rings. The summed E-state index contributed by atoms with van der Waals surface area (Å²) in [5.41, 5.74) is 1.37. The summed E-state index contributed by atoms with van der Waals surface area (Å²) in [5.74, 6) is -1.00. The van der Waals surface area contributed by atoms with Crippen LogP contribution in [0.5, 0.6) is 0 Å². The van der Waals surface area contributed by atoms with Gasteiger partial charge >= 0.3 is 12.0 Å². The van der Waals surface area contributed by atoms with Crippen LogP contribution in [-0.2, 0) is 9.53 Å². The molecule has 3 N–H and O–H groups in total. The van der Waals surface area contributed by atoms with E-state index in [0.717, 1.165) is 11.6 Å². The van der Waals surface area contributed by atoms with Crippen LogP contribution >= 0.6 is 0 Å². The van der Waals surface area contributed by atoms with Crippen molar-refractivity contribution in [3.63, 3.8) is 0 Å². The maximum absolute atomic E-state index is 11.7. The van der Waals surface area contributed by atoms with Crippen LogP contribution in [0.15, 0.2) is 30.3 Å². The van der Waals surface area contributed by atoms with E-state index in [1.54, 1.807) is 24.3 Å². The summed E-state index contributed by atoms with van der Waals surface area (Å²) < 4.78 is 5.21. The molecule has 6 heteroatoms. The molecule has 0 saturated heterocycles. The normalized spacial score (nSPS) is 12.1. The van der Waals surface area contributed by atoms with Gasteiger partial charge in [0.2, 0.25) is 0 Å². The highest BCUT2D eigenvalue weighted by atomic mass is 16.5. The number of benzene rings is 1. The highest BCUT2D eigenvalue weighted by Gasteiger charge is 2.07. The van der Waals surface area contributed by atoms with Crippen LogP contribution in [0, 0.1) is 0 Å². The molecule has 0 aliphatic carbocycles. The van der Waals surface area contributed by atoms with Gasteiger partial charge in [0, 0.05) is 18.4 Å². The quantitative estimate of drug-likeness (QED) is 0.673. The van der Waals surface area contributed by atoms with E-state index in [9.17, 15) is 9.59 Å². The Morgan fingerprint density at radius 1 is 1.33 bits per heavy atom. The Hall–Kier alpha value is -2.34. The van der Waals surface area contributed by atoms with Gasteiger partial charge in [0.15, 0.2) is 0 Å². The predicted molar refractivity (Wildman–Crippen MR) is 81.2 cm³/mol. The van der Waals surface area contributed by atoms with Crippen LogP contribution in [0.3, 0.4) is 0 Å².